The molecule has 0 aliphatic heterocycles. The first-order chi connectivity index (χ1) is 7.51. The molecule has 0 amide bonds. The van der Waals surface area contributed by atoms with Crippen LogP contribution in [0, 0.1) is 5.92 Å². The average molecular weight is 244 g/mol. The number of hydrogen-bond donors (Lipinski definition) is 2. The summed E-state index contributed by atoms with van der Waals surface area (Å²) in [5.41, 5.74) is -0.908. The molecule has 17 heavy (non-hydrogen) atoms. The van der Waals surface area contributed by atoms with Crippen LogP contribution in [0.15, 0.2) is 0 Å². The van der Waals surface area contributed by atoms with Crippen LogP contribution in [0.2, 0.25) is 0 Å². The van der Waals surface area contributed by atoms with Crippen molar-refractivity contribution in [3.8, 4) is 0 Å². The van der Waals surface area contributed by atoms with Crippen LogP contribution >= 0.6 is 0 Å². The van der Waals surface area contributed by atoms with Crippen molar-refractivity contribution < 1.29 is 9.90 Å². The lowest BCUT2D eigenvalue weighted by Gasteiger charge is -2.37. The number of carboxylic acids is 1. The fourth-order valence-electron chi connectivity index (χ4n) is 1.62. The molecule has 0 heterocycles. The maximum atomic E-state index is 11.4. The van der Waals surface area contributed by atoms with E-state index in [9.17, 15) is 9.90 Å². The highest BCUT2D eigenvalue weighted by Gasteiger charge is 2.35. The van der Waals surface area contributed by atoms with Gasteiger partial charge < -0.3 is 15.3 Å². The number of carbonyl (C=O) groups is 1. The molecule has 0 saturated heterocycles. The van der Waals surface area contributed by atoms with Gasteiger partial charge in [0.2, 0.25) is 0 Å². The first-order valence-corrected chi connectivity index (χ1v) is 6.17. The van der Waals surface area contributed by atoms with E-state index >= 15 is 0 Å². The molecular formula is C13H28N2O2. The number of rotatable bonds is 7. The number of carboxylic acid groups (broad SMARTS) is 1. The molecule has 0 aliphatic carbocycles. The van der Waals surface area contributed by atoms with Crippen LogP contribution < -0.4 is 5.32 Å². The van der Waals surface area contributed by atoms with Crippen molar-refractivity contribution >= 4 is 5.97 Å². The SMILES string of the molecule is CC(C)CC(C)(NCC(C)(C)N(C)C)C(=O)O. The fourth-order valence-corrected chi connectivity index (χ4v) is 1.62. The first-order valence-electron chi connectivity index (χ1n) is 6.17. The van der Waals surface area contributed by atoms with Gasteiger partial charge in [-0.15, -0.1) is 0 Å². The lowest BCUT2D eigenvalue weighted by atomic mass is 9.89. The van der Waals surface area contributed by atoms with Crippen LogP contribution in [-0.2, 0) is 4.79 Å². The molecule has 0 aromatic heterocycles. The van der Waals surface area contributed by atoms with Gasteiger partial charge in [-0.1, -0.05) is 13.8 Å². The van der Waals surface area contributed by atoms with Gasteiger partial charge in [-0.3, -0.25) is 4.79 Å². The Hall–Kier alpha value is -0.610. The highest BCUT2D eigenvalue weighted by atomic mass is 16.4. The topological polar surface area (TPSA) is 52.6 Å². The molecule has 0 bridgehead atoms. The fraction of sp³-hybridized carbons (Fsp3) is 0.923. The summed E-state index contributed by atoms with van der Waals surface area (Å²) in [4.78, 5) is 13.5. The van der Waals surface area contributed by atoms with E-state index in [4.69, 9.17) is 0 Å². The number of nitrogens with zero attached hydrogens (tertiary/aromatic N) is 1. The normalized spacial score (nSPS) is 16.3. The molecular weight excluding hydrogens is 216 g/mol. The van der Waals surface area contributed by atoms with Crippen LogP contribution in [0.1, 0.15) is 41.0 Å². The predicted molar refractivity (Wildman–Crippen MR) is 71.3 cm³/mol. The second-order valence-corrected chi connectivity index (χ2v) is 6.30. The smallest absolute Gasteiger partial charge is 0.323 e. The van der Waals surface area contributed by atoms with Crippen molar-refractivity contribution in [3.63, 3.8) is 0 Å². The summed E-state index contributed by atoms with van der Waals surface area (Å²) in [6.07, 6.45) is 0.631. The van der Waals surface area contributed by atoms with E-state index in [1.165, 1.54) is 0 Å². The van der Waals surface area contributed by atoms with E-state index in [-0.39, 0.29) is 5.54 Å². The number of nitrogens with one attached hydrogen (secondary N) is 1. The van der Waals surface area contributed by atoms with E-state index < -0.39 is 11.5 Å². The predicted octanol–water partition coefficient (Wildman–Crippen LogP) is 1.81. The highest BCUT2D eigenvalue weighted by Crippen LogP contribution is 2.19. The summed E-state index contributed by atoms with van der Waals surface area (Å²) in [6.45, 7) is 10.7. The van der Waals surface area contributed by atoms with Crippen LogP contribution in [0.3, 0.4) is 0 Å². The van der Waals surface area contributed by atoms with Crippen molar-refractivity contribution in [1.82, 2.24) is 10.2 Å². The molecule has 2 N–H and O–H groups in total. The highest BCUT2D eigenvalue weighted by molar-refractivity contribution is 5.78. The maximum Gasteiger partial charge on any atom is 0.323 e. The van der Waals surface area contributed by atoms with Crippen molar-refractivity contribution in [3.05, 3.63) is 0 Å². The Bertz CT molecular complexity index is 262. The molecule has 0 saturated carbocycles. The lowest BCUT2D eigenvalue weighted by Crippen LogP contribution is -2.57. The van der Waals surface area contributed by atoms with Gasteiger partial charge >= 0.3 is 5.97 Å². The quantitative estimate of drug-likeness (QED) is 0.717. The van der Waals surface area contributed by atoms with Gasteiger partial charge in [-0.2, -0.15) is 0 Å². The standard InChI is InChI=1S/C13H28N2O2/c1-10(2)8-13(5,11(16)17)14-9-12(3,4)15(6)7/h10,14H,8-9H2,1-7H3,(H,16,17). The number of likely N-dealkylation sites (N-methyl/N-ethyl adjacent to an activating group) is 1. The molecule has 1 atom stereocenters. The van der Waals surface area contributed by atoms with Crippen molar-refractivity contribution in [2.24, 2.45) is 5.92 Å². The molecule has 0 aliphatic rings. The second kappa shape index (κ2) is 5.83. The zero-order valence-corrected chi connectivity index (χ0v) is 12.3. The maximum absolute atomic E-state index is 11.4. The zero-order valence-electron chi connectivity index (χ0n) is 12.3. The molecule has 0 aromatic carbocycles. The van der Waals surface area contributed by atoms with E-state index in [2.05, 4.69) is 24.1 Å². The molecule has 4 nitrogen and oxygen atoms in total. The minimum absolute atomic E-state index is 0.0618. The van der Waals surface area contributed by atoms with Crippen molar-refractivity contribution in [2.45, 2.75) is 52.1 Å². The van der Waals surface area contributed by atoms with Crippen LogP contribution in [0.4, 0.5) is 0 Å². The van der Waals surface area contributed by atoms with E-state index in [1.54, 1.807) is 6.92 Å². The third-order valence-corrected chi connectivity index (χ3v) is 3.41. The minimum atomic E-state index is -0.846. The van der Waals surface area contributed by atoms with Gasteiger partial charge in [0.05, 0.1) is 0 Å². The molecule has 0 radical (unpaired) electrons. The van der Waals surface area contributed by atoms with Crippen molar-refractivity contribution in [1.29, 1.82) is 0 Å². The Kier molecular flexibility index (Phi) is 5.62. The van der Waals surface area contributed by atoms with Gasteiger partial charge in [-0.05, 0) is 47.2 Å². The molecule has 1 unspecified atom stereocenters. The van der Waals surface area contributed by atoms with E-state index in [0.717, 1.165) is 0 Å². The third-order valence-electron chi connectivity index (χ3n) is 3.41. The number of hydrogen-bond acceptors (Lipinski definition) is 3. The Morgan fingerprint density at radius 1 is 1.29 bits per heavy atom. The Labute approximate surface area is 105 Å². The Morgan fingerprint density at radius 2 is 1.76 bits per heavy atom. The Balaban J connectivity index is 4.63. The summed E-state index contributed by atoms with van der Waals surface area (Å²) in [5, 5.41) is 12.5. The molecule has 0 fully saturated rings. The van der Waals surface area contributed by atoms with E-state index in [0.29, 0.717) is 18.9 Å². The zero-order chi connectivity index (χ0) is 13.9. The average Bonchev–Trinajstić information content (AvgIpc) is 2.13. The van der Waals surface area contributed by atoms with Crippen LogP contribution in [0.5, 0.6) is 0 Å². The Morgan fingerprint density at radius 3 is 2.06 bits per heavy atom. The first kappa shape index (κ1) is 16.4. The second-order valence-electron chi connectivity index (χ2n) is 6.30. The summed E-state index contributed by atoms with van der Waals surface area (Å²) >= 11 is 0. The summed E-state index contributed by atoms with van der Waals surface area (Å²) in [6, 6.07) is 0. The van der Waals surface area contributed by atoms with Crippen molar-refractivity contribution in [2.75, 3.05) is 20.6 Å². The summed E-state index contributed by atoms with van der Waals surface area (Å²) in [5.74, 6) is -0.424. The summed E-state index contributed by atoms with van der Waals surface area (Å²) in [7, 11) is 4.00. The molecule has 102 valence electrons. The van der Waals surface area contributed by atoms with Crippen LogP contribution in [0.25, 0.3) is 0 Å². The molecule has 4 heteroatoms. The third kappa shape index (κ3) is 5.04. The van der Waals surface area contributed by atoms with Crippen LogP contribution in [-0.4, -0.2) is 47.7 Å². The minimum Gasteiger partial charge on any atom is -0.480 e. The lowest BCUT2D eigenvalue weighted by molar-refractivity contribution is -0.145. The molecule has 0 aromatic rings. The van der Waals surface area contributed by atoms with Gasteiger partial charge in [0.1, 0.15) is 5.54 Å². The molecule has 0 rings (SSSR count). The van der Waals surface area contributed by atoms with Gasteiger partial charge in [0.15, 0.2) is 0 Å². The summed E-state index contributed by atoms with van der Waals surface area (Å²) < 4.78 is 0. The number of aliphatic carboxylic acids is 1. The molecule has 0 spiro atoms. The largest absolute Gasteiger partial charge is 0.480 e. The van der Waals surface area contributed by atoms with Gasteiger partial charge in [-0.25, -0.2) is 0 Å². The van der Waals surface area contributed by atoms with Gasteiger partial charge in [0, 0.05) is 12.1 Å². The van der Waals surface area contributed by atoms with Gasteiger partial charge in [0.25, 0.3) is 0 Å². The monoisotopic (exact) mass is 244 g/mol. The van der Waals surface area contributed by atoms with E-state index in [1.807, 2.05) is 27.9 Å².